The highest BCUT2D eigenvalue weighted by molar-refractivity contribution is 9.10. The van der Waals surface area contributed by atoms with E-state index in [0.29, 0.717) is 6.54 Å². The third-order valence-electron chi connectivity index (χ3n) is 1.72. The summed E-state index contributed by atoms with van der Waals surface area (Å²) in [6.45, 7) is 2.68. The van der Waals surface area contributed by atoms with Crippen molar-refractivity contribution in [2.75, 3.05) is 5.32 Å². The molecule has 0 spiro atoms. The van der Waals surface area contributed by atoms with Crippen molar-refractivity contribution in [2.24, 2.45) is 0 Å². The van der Waals surface area contributed by atoms with Crippen molar-refractivity contribution in [3.05, 3.63) is 33.1 Å². The van der Waals surface area contributed by atoms with Gasteiger partial charge in [0, 0.05) is 17.1 Å². The molecule has 0 aromatic carbocycles. The number of thiazole rings is 1. The van der Waals surface area contributed by atoms with Gasteiger partial charge in [0.1, 0.15) is 21.8 Å². The Bertz CT molecular complexity index is 457. The van der Waals surface area contributed by atoms with Crippen molar-refractivity contribution in [2.45, 2.75) is 13.5 Å². The van der Waals surface area contributed by atoms with Crippen LogP contribution in [0.1, 0.15) is 10.7 Å². The van der Waals surface area contributed by atoms with E-state index in [0.717, 1.165) is 21.1 Å². The van der Waals surface area contributed by atoms with Crippen LogP contribution in [-0.4, -0.2) is 15.0 Å². The van der Waals surface area contributed by atoms with E-state index >= 15 is 0 Å². The molecule has 78 valence electrons. The van der Waals surface area contributed by atoms with E-state index < -0.39 is 0 Å². The van der Waals surface area contributed by atoms with Crippen molar-refractivity contribution in [1.82, 2.24) is 15.0 Å². The molecule has 0 atom stereocenters. The molecule has 6 heteroatoms. The van der Waals surface area contributed by atoms with Gasteiger partial charge in [0.05, 0.1) is 6.54 Å². The van der Waals surface area contributed by atoms with Crippen LogP contribution in [0.2, 0.25) is 0 Å². The second-order valence-electron chi connectivity index (χ2n) is 2.96. The first-order chi connectivity index (χ1) is 7.24. The second kappa shape index (κ2) is 4.67. The van der Waals surface area contributed by atoms with Crippen LogP contribution in [0.3, 0.4) is 0 Å². The Hall–Kier alpha value is -1.01. The lowest BCUT2D eigenvalue weighted by Gasteiger charge is -2.02. The summed E-state index contributed by atoms with van der Waals surface area (Å²) in [5, 5.41) is 6.27. The van der Waals surface area contributed by atoms with Crippen LogP contribution in [0.4, 0.5) is 5.82 Å². The number of hydrogen-bond donors (Lipinski definition) is 1. The number of nitrogens with zero attached hydrogens (tertiary/aromatic N) is 3. The number of halogens is 1. The number of rotatable bonds is 3. The lowest BCUT2D eigenvalue weighted by molar-refractivity contribution is 1.04. The maximum Gasteiger partial charge on any atom is 0.130 e. The Morgan fingerprint density at radius 2 is 2.33 bits per heavy atom. The molecule has 2 aromatic rings. The minimum Gasteiger partial charge on any atom is -0.363 e. The monoisotopic (exact) mass is 284 g/mol. The zero-order valence-electron chi connectivity index (χ0n) is 8.07. The first-order valence-corrected chi connectivity index (χ1v) is 6.04. The first-order valence-electron chi connectivity index (χ1n) is 4.36. The number of aromatic nitrogens is 3. The highest BCUT2D eigenvalue weighted by atomic mass is 79.9. The Labute approximate surface area is 99.9 Å². The highest BCUT2D eigenvalue weighted by Gasteiger charge is 1.99. The van der Waals surface area contributed by atoms with Crippen LogP contribution in [0, 0.1) is 6.92 Å². The van der Waals surface area contributed by atoms with E-state index in [1.54, 1.807) is 11.3 Å². The molecule has 2 aromatic heterocycles. The van der Waals surface area contributed by atoms with Crippen LogP contribution < -0.4 is 5.32 Å². The molecule has 0 unspecified atom stereocenters. The average molecular weight is 285 g/mol. The summed E-state index contributed by atoms with van der Waals surface area (Å²) < 4.78 is 0.773. The van der Waals surface area contributed by atoms with Gasteiger partial charge in [0.2, 0.25) is 0 Å². The molecule has 2 rings (SSSR count). The number of nitrogens with one attached hydrogen (secondary N) is 1. The average Bonchev–Trinajstić information content (AvgIpc) is 2.62. The molecular weight excluding hydrogens is 276 g/mol. The molecule has 0 saturated carbocycles. The van der Waals surface area contributed by atoms with Crippen molar-refractivity contribution in [3.63, 3.8) is 0 Å². The molecule has 4 nitrogen and oxygen atoms in total. The summed E-state index contributed by atoms with van der Waals surface area (Å²) in [5.41, 5.74) is 1.06. The SMILES string of the molecule is Cc1csc(CNc2cc(Br)ncn2)n1. The minimum atomic E-state index is 0.696. The third kappa shape index (κ3) is 2.97. The Morgan fingerprint density at radius 1 is 1.47 bits per heavy atom. The summed E-state index contributed by atoms with van der Waals surface area (Å²) >= 11 is 4.93. The Kier molecular flexibility index (Phi) is 3.27. The molecule has 15 heavy (non-hydrogen) atoms. The maximum absolute atomic E-state index is 4.35. The van der Waals surface area contributed by atoms with E-state index in [-0.39, 0.29) is 0 Å². The molecular formula is C9H9BrN4S. The van der Waals surface area contributed by atoms with E-state index in [2.05, 4.69) is 36.2 Å². The van der Waals surface area contributed by atoms with Gasteiger partial charge in [-0.2, -0.15) is 0 Å². The molecule has 1 N–H and O–H groups in total. The van der Waals surface area contributed by atoms with E-state index in [4.69, 9.17) is 0 Å². The van der Waals surface area contributed by atoms with Crippen molar-refractivity contribution < 1.29 is 0 Å². The van der Waals surface area contributed by atoms with Gasteiger partial charge in [0.15, 0.2) is 0 Å². The topological polar surface area (TPSA) is 50.7 Å². The molecule has 2 heterocycles. The Balaban J connectivity index is 1.99. The zero-order valence-corrected chi connectivity index (χ0v) is 10.5. The molecule has 0 aliphatic heterocycles. The van der Waals surface area contributed by atoms with Gasteiger partial charge < -0.3 is 5.32 Å². The molecule has 0 saturated heterocycles. The molecule has 0 aliphatic rings. The third-order valence-corrected chi connectivity index (χ3v) is 3.12. The van der Waals surface area contributed by atoms with Gasteiger partial charge in [0.25, 0.3) is 0 Å². The van der Waals surface area contributed by atoms with Crippen LogP contribution in [0.5, 0.6) is 0 Å². The van der Waals surface area contributed by atoms with Crippen LogP contribution in [0.25, 0.3) is 0 Å². The smallest absolute Gasteiger partial charge is 0.130 e. The Morgan fingerprint density at radius 3 is 3.00 bits per heavy atom. The summed E-state index contributed by atoms with van der Waals surface area (Å²) in [5.74, 6) is 0.796. The highest BCUT2D eigenvalue weighted by Crippen LogP contribution is 2.13. The predicted octanol–water partition coefficient (Wildman–Crippen LogP) is 2.62. The maximum atomic E-state index is 4.35. The predicted molar refractivity (Wildman–Crippen MR) is 63.9 cm³/mol. The number of anilines is 1. The van der Waals surface area contributed by atoms with Gasteiger partial charge in [-0.25, -0.2) is 15.0 Å². The largest absolute Gasteiger partial charge is 0.363 e. The molecule has 0 radical (unpaired) electrons. The lowest BCUT2D eigenvalue weighted by Crippen LogP contribution is -2.01. The minimum absolute atomic E-state index is 0.696. The summed E-state index contributed by atoms with van der Waals surface area (Å²) in [6.07, 6.45) is 1.51. The fourth-order valence-corrected chi connectivity index (χ4v) is 2.10. The van der Waals surface area contributed by atoms with Crippen molar-refractivity contribution in [1.29, 1.82) is 0 Å². The van der Waals surface area contributed by atoms with Crippen LogP contribution in [0.15, 0.2) is 22.4 Å². The molecule has 0 amide bonds. The standard InChI is InChI=1S/C9H9BrN4S/c1-6-4-15-9(14-6)3-11-8-2-7(10)12-5-13-8/h2,4-5H,3H2,1H3,(H,11,12,13). The number of hydrogen-bond acceptors (Lipinski definition) is 5. The van der Waals surface area contributed by atoms with Gasteiger partial charge >= 0.3 is 0 Å². The zero-order chi connectivity index (χ0) is 10.7. The van der Waals surface area contributed by atoms with Gasteiger partial charge in [-0.15, -0.1) is 11.3 Å². The molecule has 0 bridgehead atoms. The summed E-state index contributed by atoms with van der Waals surface area (Å²) in [7, 11) is 0. The molecule has 0 fully saturated rings. The van der Waals surface area contributed by atoms with Gasteiger partial charge in [-0.05, 0) is 22.9 Å². The quantitative estimate of drug-likeness (QED) is 0.881. The summed E-state index contributed by atoms with van der Waals surface area (Å²) in [4.78, 5) is 12.4. The fourth-order valence-electron chi connectivity index (χ4n) is 1.08. The van der Waals surface area contributed by atoms with Crippen LogP contribution >= 0.6 is 27.3 Å². The first kappa shape index (κ1) is 10.5. The lowest BCUT2D eigenvalue weighted by atomic mass is 10.5. The van der Waals surface area contributed by atoms with Gasteiger partial charge in [-0.3, -0.25) is 0 Å². The summed E-state index contributed by atoms with van der Waals surface area (Å²) in [6, 6.07) is 1.83. The van der Waals surface area contributed by atoms with Crippen molar-refractivity contribution in [3.8, 4) is 0 Å². The van der Waals surface area contributed by atoms with Crippen LogP contribution in [-0.2, 0) is 6.54 Å². The van der Waals surface area contributed by atoms with E-state index in [1.807, 2.05) is 18.4 Å². The van der Waals surface area contributed by atoms with Crippen molar-refractivity contribution >= 4 is 33.1 Å². The number of aryl methyl sites for hydroxylation is 1. The van der Waals surface area contributed by atoms with E-state index in [1.165, 1.54) is 6.33 Å². The fraction of sp³-hybridized carbons (Fsp3) is 0.222. The van der Waals surface area contributed by atoms with E-state index in [9.17, 15) is 0 Å². The molecule has 0 aliphatic carbocycles. The second-order valence-corrected chi connectivity index (χ2v) is 4.72. The van der Waals surface area contributed by atoms with Gasteiger partial charge in [-0.1, -0.05) is 0 Å². The normalized spacial score (nSPS) is 10.3.